The summed E-state index contributed by atoms with van der Waals surface area (Å²) in [6, 6.07) is 2.30. The molecule has 0 fully saturated rings. The van der Waals surface area contributed by atoms with Crippen LogP contribution in [0.4, 0.5) is 0 Å². The molecule has 0 radical (unpaired) electrons. The van der Waals surface area contributed by atoms with Gasteiger partial charge in [0.15, 0.2) is 0 Å². The van der Waals surface area contributed by atoms with Crippen molar-refractivity contribution in [3.05, 3.63) is 42.0 Å². The third kappa shape index (κ3) is 3.92. The second-order valence-electron chi connectivity index (χ2n) is 4.80. The standard InChI is InChI=1S/C15H18N4O4/c1-19(9-10-8-16-6-7-17-10)13(15(20)21)11-4-5-12(22-2)18-14(11)23-3/h4-8,13H,9H2,1-3H3,(H,20,21)/t13-/m1/s1. The van der Waals surface area contributed by atoms with E-state index in [4.69, 9.17) is 9.47 Å². The number of carboxylic acid groups (broad SMARTS) is 1. The van der Waals surface area contributed by atoms with Crippen molar-refractivity contribution in [1.29, 1.82) is 0 Å². The summed E-state index contributed by atoms with van der Waals surface area (Å²) < 4.78 is 10.2. The van der Waals surface area contributed by atoms with Gasteiger partial charge in [-0.15, -0.1) is 0 Å². The number of hydrogen-bond donors (Lipinski definition) is 1. The molecule has 0 aliphatic rings. The third-order valence-corrected chi connectivity index (χ3v) is 3.26. The van der Waals surface area contributed by atoms with Crippen molar-refractivity contribution in [3.63, 3.8) is 0 Å². The van der Waals surface area contributed by atoms with Gasteiger partial charge in [0.1, 0.15) is 6.04 Å². The molecule has 0 unspecified atom stereocenters. The smallest absolute Gasteiger partial charge is 0.325 e. The Kier molecular flexibility index (Phi) is 5.42. The molecular formula is C15H18N4O4. The molecule has 8 heteroatoms. The summed E-state index contributed by atoms with van der Waals surface area (Å²) >= 11 is 0. The minimum absolute atomic E-state index is 0.211. The lowest BCUT2D eigenvalue weighted by atomic mass is 10.1. The lowest BCUT2D eigenvalue weighted by Gasteiger charge is -2.25. The molecular weight excluding hydrogens is 300 g/mol. The molecule has 1 atom stereocenters. The van der Waals surface area contributed by atoms with Crippen molar-refractivity contribution in [2.45, 2.75) is 12.6 Å². The molecule has 0 aliphatic carbocycles. The summed E-state index contributed by atoms with van der Waals surface area (Å²) in [5, 5.41) is 9.63. The van der Waals surface area contributed by atoms with E-state index in [1.807, 2.05) is 0 Å². The van der Waals surface area contributed by atoms with Gasteiger partial charge in [-0.2, -0.15) is 4.98 Å². The van der Waals surface area contributed by atoms with E-state index in [-0.39, 0.29) is 5.88 Å². The molecule has 2 aromatic heterocycles. The normalized spacial score (nSPS) is 12.0. The summed E-state index contributed by atoms with van der Waals surface area (Å²) in [7, 11) is 4.61. The van der Waals surface area contributed by atoms with Gasteiger partial charge in [-0.3, -0.25) is 19.7 Å². The number of methoxy groups -OCH3 is 2. The van der Waals surface area contributed by atoms with E-state index in [0.29, 0.717) is 23.7 Å². The molecule has 1 N–H and O–H groups in total. The molecule has 2 rings (SSSR count). The van der Waals surface area contributed by atoms with E-state index in [1.54, 1.807) is 42.7 Å². The van der Waals surface area contributed by atoms with Crippen LogP contribution >= 0.6 is 0 Å². The molecule has 0 aromatic carbocycles. The largest absolute Gasteiger partial charge is 0.481 e. The van der Waals surface area contributed by atoms with Crippen molar-refractivity contribution in [1.82, 2.24) is 19.9 Å². The van der Waals surface area contributed by atoms with Crippen molar-refractivity contribution in [2.24, 2.45) is 0 Å². The van der Waals surface area contributed by atoms with Crippen LogP contribution in [-0.4, -0.2) is 52.2 Å². The highest BCUT2D eigenvalue weighted by atomic mass is 16.5. The first-order valence-electron chi connectivity index (χ1n) is 6.83. The highest BCUT2D eigenvalue weighted by Crippen LogP contribution is 2.30. The lowest BCUT2D eigenvalue weighted by Crippen LogP contribution is -2.31. The number of pyridine rings is 1. The van der Waals surface area contributed by atoms with Crippen LogP contribution < -0.4 is 9.47 Å². The summed E-state index contributed by atoms with van der Waals surface area (Å²) in [5.41, 5.74) is 1.11. The maximum Gasteiger partial charge on any atom is 0.325 e. The Labute approximate surface area is 133 Å². The van der Waals surface area contributed by atoms with Gasteiger partial charge in [-0.25, -0.2) is 0 Å². The lowest BCUT2D eigenvalue weighted by molar-refractivity contribution is -0.143. The number of carbonyl (C=O) groups is 1. The van der Waals surface area contributed by atoms with Gasteiger partial charge in [-0.05, 0) is 13.1 Å². The second-order valence-corrected chi connectivity index (χ2v) is 4.80. The maximum atomic E-state index is 11.8. The van der Waals surface area contributed by atoms with Gasteiger partial charge in [0.25, 0.3) is 0 Å². The topological polar surface area (TPSA) is 97.7 Å². The number of rotatable bonds is 7. The summed E-state index contributed by atoms with van der Waals surface area (Å²) in [6.45, 7) is 0.319. The van der Waals surface area contributed by atoms with Gasteiger partial charge in [-0.1, -0.05) is 0 Å². The van der Waals surface area contributed by atoms with E-state index in [9.17, 15) is 9.90 Å². The average molecular weight is 318 g/mol. The molecule has 0 bridgehead atoms. The van der Waals surface area contributed by atoms with Gasteiger partial charge in [0.2, 0.25) is 11.8 Å². The SMILES string of the molecule is COc1ccc([C@H](C(=O)O)N(C)Cc2cnccn2)c(OC)n1. The average Bonchev–Trinajstić information content (AvgIpc) is 2.55. The Balaban J connectivity index is 2.33. The van der Waals surface area contributed by atoms with E-state index >= 15 is 0 Å². The Morgan fingerprint density at radius 1 is 1.30 bits per heavy atom. The number of likely N-dealkylation sites (N-methyl/N-ethyl adjacent to an activating group) is 1. The molecule has 2 aromatic rings. The van der Waals surface area contributed by atoms with Crippen LogP contribution in [0.3, 0.4) is 0 Å². The molecule has 8 nitrogen and oxygen atoms in total. The predicted molar refractivity (Wildman–Crippen MR) is 81.2 cm³/mol. The fraction of sp³-hybridized carbons (Fsp3) is 0.333. The van der Waals surface area contributed by atoms with E-state index in [2.05, 4.69) is 15.0 Å². The van der Waals surface area contributed by atoms with Gasteiger partial charge in [0, 0.05) is 36.8 Å². The number of nitrogens with zero attached hydrogens (tertiary/aromatic N) is 4. The first kappa shape index (κ1) is 16.6. The molecule has 0 saturated heterocycles. The van der Waals surface area contributed by atoms with Gasteiger partial charge in [0.05, 0.1) is 19.9 Å². The molecule has 0 amide bonds. The molecule has 0 spiro atoms. The number of aromatic nitrogens is 3. The molecule has 0 aliphatic heterocycles. The fourth-order valence-corrected chi connectivity index (χ4v) is 2.24. The summed E-state index contributed by atoms with van der Waals surface area (Å²) in [4.78, 5) is 25.7. The Hall–Kier alpha value is -2.74. The monoisotopic (exact) mass is 318 g/mol. The fourth-order valence-electron chi connectivity index (χ4n) is 2.24. The molecule has 0 saturated carbocycles. The van der Waals surface area contributed by atoms with Crippen LogP contribution in [0.25, 0.3) is 0 Å². The molecule has 2 heterocycles. The number of hydrogen-bond acceptors (Lipinski definition) is 7. The minimum atomic E-state index is -1.01. The zero-order chi connectivity index (χ0) is 16.8. The Morgan fingerprint density at radius 2 is 2.09 bits per heavy atom. The van der Waals surface area contributed by atoms with Crippen LogP contribution in [0.15, 0.2) is 30.7 Å². The summed E-state index contributed by atoms with van der Waals surface area (Å²) in [5.74, 6) is -0.448. The van der Waals surface area contributed by atoms with E-state index in [0.717, 1.165) is 0 Å². The van der Waals surface area contributed by atoms with Crippen molar-refractivity contribution in [2.75, 3.05) is 21.3 Å². The quantitative estimate of drug-likeness (QED) is 0.812. The van der Waals surface area contributed by atoms with E-state index < -0.39 is 12.0 Å². The van der Waals surface area contributed by atoms with Crippen LogP contribution in [0.5, 0.6) is 11.8 Å². The van der Waals surface area contributed by atoms with Crippen molar-refractivity contribution < 1.29 is 19.4 Å². The summed E-state index contributed by atoms with van der Waals surface area (Å²) in [6.07, 6.45) is 4.72. The van der Waals surface area contributed by atoms with Gasteiger partial charge < -0.3 is 14.6 Å². The minimum Gasteiger partial charge on any atom is -0.481 e. The molecule has 23 heavy (non-hydrogen) atoms. The number of carboxylic acids is 1. The van der Waals surface area contributed by atoms with E-state index in [1.165, 1.54) is 14.2 Å². The highest BCUT2D eigenvalue weighted by molar-refractivity contribution is 5.76. The van der Waals surface area contributed by atoms with Crippen LogP contribution in [-0.2, 0) is 11.3 Å². The van der Waals surface area contributed by atoms with Gasteiger partial charge >= 0.3 is 5.97 Å². The maximum absolute atomic E-state index is 11.8. The number of ether oxygens (including phenoxy) is 2. The van der Waals surface area contributed by atoms with Crippen LogP contribution in [0, 0.1) is 0 Å². The predicted octanol–water partition coefficient (Wildman–Crippen LogP) is 1.15. The zero-order valence-corrected chi connectivity index (χ0v) is 13.1. The highest BCUT2D eigenvalue weighted by Gasteiger charge is 2.29. The van der Waals surface area contributed by atoms with Crippen molar-refractivity contribution >= 4 is 5.97 Å². The van der Waals surface area contributed by atoms with Crippen molar-refractivity contribution in [3.8, 4) is 11.8 Å². The first-order chi connectivity index (χ1) is 11.1. The second kappa shape index (κ2) is 7.50. The number of aliphatic carboxylic acids is 1. The zero-order valence-electron chi connectivity index (χ0n) is 13.1. The Bertz CT molecular complexity index is 666. The molecule has 122 valence electrons. The van der Waals surface area contributed by atoms with Crippen LogP contribution in [0.1, 0.15) is 17.3 Å². The van der Waals surface area contributed by atoms with Crippen LogP contribution in [0.2, 0.25) is 0 Å². The first-order valence-corrected chi connectivity index (χ1v) is 6.83. The Morgan fingerprint density at radius 3 is 2.65 bits per heavy atom. The third-order valence-electron chi connectivity index (χ3n) is 3.26.